The van der Waals surface area contributed by atoms with Gasteiger partial charge in [0.05, 0.1) is 16.9 Å². The van der Waals surface area contributed by atoms with Crippen molar-refractivity contribution in [1.82, 2.24) is 9.78 Å². The zero-order valence-electron chi connectivity index (χ0n) is 11.3. The lowest BCUT2D eigenvalue weighted by Crippen LogP contribution is -2.28. The molecule has 1 heterocycles. The van der Waals surface area contributed by atoms with Crippen molar-refractivity contribution >= 4 is 11.6 Å². The van der Waals surface area contributed by atoms with E-state index >= 15 is 0 Å². The fourth-order valence-corrected chi connectivity index (χ4v) is 1.97. The van der Waals surface area contributed by atoms with E-state index in [-0.39, 0.29) is 6.04 Å². The Balaban J connectivity index is 2.99. The third kappa shape index (κ3) is 3.45. The van der Waals surface area contributed by atoms with E-state index in [1.807, 2.05) is 27.7 Å². The van der Waals surface area contributed by atoms with Crippen LogP contribution in [-0.4, -0.2) is 34.4 Å². The molecule has 5 nitrogen and oxygen atoms in total. The zero-order valence-corrected chi connectivity index (χ0v) is 12.0. The number of hydrogen-bond donors (Lipinski definition) is 1. The second kappa shape index (κ2) is 7.09. The summed E-state index contributed by atoms with van der Waals surface area (Å²) in [5, 5.41) is 14.9. The van der Waals surface area contributed by atoms with Crippen LogP contribution >= 0.6 is 11.6 Å². The van der Waals surface area contributed by atoms with Gasteiger partial charge in [-0.25, -0.2) is 0 Å². The van der Waals surface area contributed by atoms with E-state index in [0.717, 1.165) is 0 Å². The Morgan fingerprint density at radius 3 is 2.33 bits per heavy atom. The summed E-state index contributed by atoms with van der Waals surface area (Å²) >= 11 is 6.07. The number of ether oxygens (including phenoxy) is 2. The smallest absolute Gasteiger partial charge is 0.189 e. The summed E-state index contributed by atoms with van der Waals surface area (Å²) in [6.07, 6.45) is -0.163. The number of aliphatic hydroxyl groups is 1. The standard InChI is InChI=1S/C12H21ClN2O3/c1-5-17-12(18-6-2)11(16)10-9(13)7-14-15(10)8(3)4/h7-8,11-12,16H,5-6H2,1-4H3. The molecule has 0 aromatic carbocycles. The Morgan fingerprint density at radius 2 is 1.89 bits per heavy atom. The number of halogens is 1. The SMILES string of the molecule is CCOC(OCC)C(O)c1c(Cl)cnn1C(C)C. The van der Waals surface area contributed by atoms with Gasteiger partial charge < -0.3 is 14.6 Å². The van der Waals surface area contributed by atoms with E-state index < -0.39 is 12.4 Å². The molecule has 1 aromatic rings. The average molecular weight is 277 g/mol. The van der Waals surface area contributed by atoms with Crippen LogP contribution in [0.15, 0.2) is 6.20 Å². The maximum Gasteiger partial charge on any atom is 0.189 e. The van der Waals surface area contributed by atoms with Gasteiger partial charge >= 0.3 is 0 Å². The highest BCUT2D eigenvalue weighted by molar-refractivity contribution is 6.31. The van der Waals surface area contributed by atoms with Crippen molar-refractivity contribution in [2.24, 2.45) is 0 Å². The van der Waals surface area contributed by atoms with E-state index in [0.29, 0.717) is 23.9 Å². The molecule has 0 amide bonds. The molecule has 1 rings (SSSR count). The van der Waals surface area contributed by atoms with Crippen LogP contribution in [0.3, 0.4) is 0 Å². The van der Waals surface area contributed by atoms with Gasteiger partial charge in [0, 0.05) is 19.3 Å². The van der Waals surface area contributed by atoms with E-state index in [9.17, 15) is 5.11 Å². The Kier molecular flexibility index (Phi) is 6.08. The molecule has 1 atom stereocenters. The molecule has 0 saturated heterocycles. The van der Waals surface area contributed by atoms with Gasteiger partial charge in [0.2, 0.25) is 0 Å². The van der Waals surface area contributed by atoms with Crippen LogP contribution in [-0.2, 0) is 9.47 Å². The van der Waals surface area contributed by atoms with Crippen LogP contribution in [0.5, 0.6) is 0 Å². The monoisotopic (exact) mass is 276 g/mol. The van der Waals surface area contributed by atoms with Crippen LogP contribution in [0.2, 0.25) is 5.02 Å². The second-order valence-electron chi connectivity index (χ2n) is 4.14. The molecule has 0 aliphatic carbocycles. The van der Waals surface area contributed by atoms with Crippen molar-refractivity contribution in [3.8, 4) is 0 Å². The summed E-state index contributed by atoms with van der Waals surface area (Å²) in [6.45, 7) is 8.54. The first-order valence-electron chi connectivity index (χ1n) is 6.17. The largest absolute Gasteiger partial charge is 0.381 e. The number of aliphatic hydroxyl groups excluding tert-OH is 1. The molecule has 0 spiro atoms. The Bertz CT molecular complexity index is 362. The first-order valence-corrected chi connectivity index (χ1v) is 6.54. The number of rotatable bonds is 7. The highest BCUT2D eigenvalue weighted by Gasteiger charge is 2.28. The number of hydrogen-bond acceptors (Lipinski definition) is 4. The lowest BCUT2D eigenvalue weighted by atomic mass is 10.2. The van der Waals surface area contributed by atoms with Crippen LogP contribution in [0.4, 0.5) is 0 Å². The summed E-state index contributed by atoms with van der Waals surface area (Å²) in [7, 11) is 0. The van der Waals surface area contributed by atoms with Crippen LogP contribution in [0.25, 0.3) is 0 Å². The van der Waals surface area contributed by atoms with Gasteiger partial charge in [0.1, 0.15) is 6.10 Å². The van der Waals surface area contributed by atoms with Crippen LogP contribution in [0.1, 0.15) is 45.5 Å². The van der Waals surface area contributed by atoms with Crippen molar-refractivity contribution in [3.05, 3.63) is 16.9 Å². The minimum atomic E-state index is -0.956. The van der Waals surface area contributed by atoms with E-state index in [1.165, 1.54) is 6.20 Å². The van der Waals surface area contributed by atoms with Crippen molar-refractivity contribution in [3.63, 3.8) is 0 Å². The number of nitrogens with zero attached hydrogens (tertiary/aromatic N) is 2. The summed E-state index contributed by atoms with van der Waals surface area (Å²) in [4.78, 5) is 0. The molecule has 1 unspecified atom stereocenters. The molecule has 0 aliphatic rings. The third-order valence-corrected chi connectivity index (χ3v) is 2.77. The minimum Gasteiger partial charge on any atom is -0.381 e. The van der Waals surface area contributed by atoms with Crippen LogP contribution in [0, 0.1) is 0 Å². The molecule has 0 fully saturated rings. The van der Waals surface area contributed by atoms with Gasteiger partial charge in [-0.2, -0.15) is 5.10 Å². The lowest BCUT2D eigenvalue weighted by molar-refractivity contribution is -0.193. The lowest BCUT2D eigenvalue weighted by Gasteiger charge is -2.24. The second-order valence-corrected chi connectivity index (χ2v) is 4.55. The van der Waals surface area contributed by atoms with Gasteiger partial charge in [-0.15, -0.1) is 0 Å². The Labute approximate surface area is 113 Å². The zero-order chi connectivity index (χ0) is 13.7. The summed E-state index contributed by atoms with van der Waals surface area (Å²) in [5.41, 5.74) is 0.526. The Morgan fingerprint density at radius 1 is 1.33 bits per heavy atom. The predicted molar refractivity (Wildman–Crippen MR) is 69.6 cm³/mol. The van der Waals surface area contributed by atoms with Crippen molar-refractivity contribution in [2.75, 3.05) is 13.2 Å². The van der Waals surface area contributed by atoms with E-state index in [2.05, 4.69) is 5.10 Å². The van der Waals surface area contributed by atoms with E-state index in [1.54, 1.807) is 4.68 Å². The fraction of sp³-hybridized carbons (Fsp3) is 0.750. The topological polar surface area (TPSA) is 56.5 Å². The quantitative estimate of drug-likeness (QED) is 0.778. The van der Waals surface area contributed by atoms with E-state index in [4.69, 9.17) is 21.1 Å². The summed E-state index contributed by atoms with van der Waals surface area (Å²) in [5.74, 6) is 0. The normalized spacial score (nSPS) is 13.6. The van der Waals surface area contributed by atoms with Crippen molar-refractivity contribution in [1.29, 1.82) is 0 Å². The van der Waals surface area contributed by atoms with Gasteiger partial charge in [0.15, 0.2) is 6.29 Å². The summed E-state index contributed by atoms with van der Waals surface area (Å²) in [6, 6.07) is 0.103. The highest BCUT2D eigenvalue weighted by atomic mass is 35.5. The molecule has 6 heteroatoms. The maximum absolute atomic E-state index is 10.3. The fourth-order valence-electron chi connectivity index (χ4n) is 1.73. The molecular formula is C12H21ClN2O3. The van der Waals surface area contributed by atoms with Crippen molar-refractivity contribution in [2.45, 2.75) is 46.1 Å². The molecule has 0 radical (unpaired) electrons. The highest BCUT2D eigenvalue weighted by Crippen LogP contribution is 2.29. The molecule has 0 aliphatic heterocycles. The predicted octanol–water partition coefficient (Wildman–Crippen LogP) is 2.55. The van der Waals surface area contributed by atoms with Gasteiger partial charge in [-0.05, 0) is 27.7 Å². The molecule has 104 valence electrons. The van der Waals surface area contributed by atoms with Crippen LogP contribution < -0.4 is 0 Å². The Hall–Kier alpha value is -0.620. The van der Waals surface area contributed by atoms with Gasteiger partial charge in [0.25, 0.3) is 0 Å². The third-order valence-electron chi connectivity index (χ3n) is 2.48. The molecule has 0 saturated carbocycles. The van der Waals surface area contributed by atoms with Crippen molar-refractivity contribution < 1.29 is 14.6 Å². The molecule has 18 heavy (non-hydrogen) atoms. The summed E-state index contributed by atoms with van der Waals surface area (Å²) < 4.78 is 12.5. The molecule has 1 N–H and O–H groups in total. The first-order chi connectivity index (χ1) is 8.52. The van der Waals surface area contributed by atoms with Gasteiger partial charge in [-0.3, -0.25) is 4.68 Å². The molecular weight excluding hydrogens is 256 g/mol. The maximum atomic E-state index is 10.3. The molecule has 1 aromatic heterocycles. The average Bonchev–Trinajstić information content (AvgIpc) is 2.70. The first kappa shape index (κ1) is 15.4. The number of aromatic nitrogens is 2. The minimum absolute atomic E-state index is 0.103. The molecule has 0 bridgehead atoms. The van der Waals surface area contributed by atoms with Gasteiger partial charge in [-0.1, -0.05) is 11.6 Å².